The number of carbonyl (C=O) groups is 1. The second-order valence-corrected chi connectivity index (χ2v) is 4.35. The predicted octanol–water partition coefficient (Wildman–Crippen LogP) is 1.87. The molecule has 96 valence electrons. The number of benzene rings is 1. The highest BCUT2D eigenvalue weighted by molar-refractivity contribution is 5.76. The molecule has 0 aliphatic heterocycles. The molecule has 0 radical (unpaired) electrons. The summed E-state index contributed by atoms with van der Waals surface area (Å²) < 4.78 is 0. The van der Waals surface area contributed by atoms with Gasteiger partial charge in [0.1, 0.15) is 0 Å². The zero-order valence-electron chi connectivity index (χ0n) is 10.7. The summed E-state index contributed by atoms with van der Waals surface area (Å²) in [4.78, 5) is 13.4. The molecule has 0 spiro atoms. The van der Waals surface area contributed by atoms with Crippen LogP contribution in [-0.2, 0) is 4.79 Å². The fourth-order valence-electron chi connectivity index (χ4n) is 1.62. The number of rotatable bonds is 5. The molecule has 1 aromatic rings. The van der Waals surface area contributed by atoms with Gasteiger partial charge in [-0.25, -0.2) is 0 Å². The minimum absolute atomic E-state index is 0.0380. The van der Waals surface area contributed by atoms with E-state index in [0.717, 1.165) is 5.56 Å². The number of amides is 1. The zero-order valence-corrected chi connectivity index (χ0v) is 10.7. The molecular weight excluding hydrogens is 228 g/mol. The SMILES string of the molecule is CC(CC#N)N(C)C(=O)CC(O)c1ccccc1. The van der Waals surface area contributed by atoms with Gasteiger partial charge in [0.15, 0.2) is 0 Å². The second kappa shape index (κ2) is 6.77. The number of aliphatic hydroxyl groups is 1. The van der Waals surface area contributed by atoms with Crippen LogP contribution in [0.2, 0.25) is 0 Å². The Labute approximate surface area is 107 Å². The third kappa shape index (κ3) is 3.86. The zero-order chi connectivity index (χ0) is 13.5. The minimum Gasteiger partial charge on any atom is -0.388 e. The molecule has 0 aliphatic carbocycles. The molecule has 2 atom stereocenters. The van der Waals surface area contributed by atoms with Gasteiger partial charge >= 0.3 is 0 Å². The molecule has 2 unspecified atom stereocenters. The summed E-state index contributed by atoms with van der Waals surface area (Å²) in [6.07, 6.45) is -0.463. The van der Waals surface area contributed by atoms with Gasteiger partial charge in [0.05, 0.1) is 25.0 Å². The van der Waals surface area contributed by atoms with Crippen molar-refractivity contribution in [1.82, 2.24) is 4.90 Å². The van der Waals surface area contributed by atoms with Crippen LogP contribution in [0.1, 0.15) is 31.4 Å². The van der Waals surface area contributed by atoms with E-state index >= 15 is 0 Å². The third-order valence-electron chi connectivity index (χ3n) is 2.99. The van der Waals surface area contributed by atoms with Crippen molar-refractivity contribution < 1.29 is 9.90 Å². The molecule has 4 heteroatoms. The molecule has 4 nitrogen and oxygen atoms in total. The smallest absolute Gasteiger partial charge is 0.225 e. The fourth-order valence-corrected chi connectivity index (χ4v) is 1.62. The van der Waals surface area contributed by atoms with Crippen LogP contribution in [0.25, 0.3) is 0 Å². The van der Waals surface area contributed by atoms with Crippen LogP contribution in [-0.4, -0.2) is 29.0 Å². The summed E-state index contributed by atoms with van der Waals surface area (Å²) in [5.74, 6) is -0.158. The largest absolute Gasteiger partial charge is 0.388 e. The monoisotopic (exact) mass is 246 g/mol. The van der Waals surface area contributed by atoms with E-state index in [-0.39, 0.29) is 18.4 Å². The number of nitriles is 1. The molecule has 1 N–H and O–H groups in total. The van der Waals surface area contributed by atoms with Crippen molar-refractivity contribution in [3.05, 3.63) is 35.9 Å². The van der Waals surface area contributed by atoms with E-state index in [0.29, 0.717) is 6.42 Å². The van der Waals surface area contributed by atoms with Gasteiger partial charge in [-0.3, -0.25) is 4.79 Å². The maximum absolute atomic E-state index is 11.9. The highest BCUT2D eigenvalue weighted by Crippen LogP contribution is 2.17. The fraction of sp³-hybridized carbons (Fsp3) is 0.429. The topological polar surface area (TPSA) is 64.3 Å². The third-order valence-corrected chi connectivity index (χ3v) is 2.99. The first-order chi connectivity index (χ1) is 8.56. The van der Waals surface area contributed by atoms with E-state index in [1.54, 1.807) is 19.2 Å². The molecule has 0 saturated carbocycles. The number of hydrogen-bond donors (Lipinski definition) is 1. The molecule has 0 heterocycles. The number of aliphatic hydroxyl groups excluding tert-OH is 1. The molecule has 1 aromatic carbocycles. The van der Waals surface area contributed by atoms with Crippen LogP contribution in [0.5, 0.6) is 0 Å². The molecule has 0 saturated heterocycles. The second-order valence-electron chi connectivity index (χ2n) is 4.35. The van der Waals surface area contributed by atoms with Crippen molar-refractivity contribution >= 4 is 5.91 Å². The lowest BCUT2D eigenvalue weighted by Crippen LogP contribution is -2.35. The standard InChI is InChI=1S/C14H18N2O2/c1-11(8-9-15)16(2)14(18)10-13(17)12-6-4-3-5-7-12/h3-7,11,13,17H,8,10H2,1-2H3. The van der Waals surface area contributed by atoms with Crippen LogP contribution < -0.4 is 0 Å². The number of carbonyl (C=O) groups excluding carboxylic acids is 1. The lowest BCUT2D eigenvalue weighted by molar-refractivity contribution is -0.133. The molecule has 18 heavy (non-hydrogen) atoms. The summed E-state index contributed by atoms with van der Waals surface area (Å²) in [5, 5.41) is 18.5. The van der Waals surface area contributed by atoms with E-state index < -0.39 is 6.10 Å². The van der Waals surface area contributed by atoms with Crippen molar-refractivity contribution in [2.24, 2.45) is 0 Å². The van der Waals surface area contributed by atoms with Crippen LogP contribution in [0.4, 0.5) is 0 Å². The predicted molar refractivity (Wildman–Crippen MR) is 68.5 cm³/mol. The van der Waals surface area contributed by atoms with Crippen molar-refractivity contribution in [1.29, 1.82) is 5.26 Å². The Bertz CT molecular complexity index is 425. The summed E-state index contributed by atoms with van der Waals surface area (Å²) in [6.45, 7) is 1.82. The maximum Gasteiger partial charge on any atom is 0.225 e. The van der Waals surface area contributed by atoms with Gasteiger partial charge in [0, 0.05) is 13.1 Å². The van der Waals surface area contributed by atoms with Crippen molar-refractivity contribution in [3.8, 4) is 6.07 Å². The first kappa shape index (κ1) is 14.2. The normalized spacial score (nSPS) is 13.4. The molecular formula is C14H18N2O2. The van der Waals surface area contributed by atoms with Crippen LogP contribution >= 0.6 is 0 Å². The molecule has 0 fully saturated rings. The van der Waals surface area contributed by atoms with Gasteiger partial charge in [-0.1, -0.05) is 30.3 Å². The van der Waals surface area contributed by atoms with Gasteiger partial charge in [-0.2, -0.15) is 5.26 Å². The number of nitrogens with zero attached hydrogens (tertiary/aromatic N) is 2. The Hall–Kier alpha value is -1.86. The van der Waals surface area contributed by atoms with Gasteiger partial charge in [-0.15, -0.1) is 0 Å². The van der Waals surface area contributed by atoms with Gasteiger partial charge < -0.3 is 10.0 Å². The first-order valence-electron chi connectivity index (χ1n) is 5.92. The van der Waals surface area contributed by atoms with Gasteiger partial charge in [0.25, 0.3) is 0 Å². The summed E-state index contributed by atoms with van der Waals surface area (Å²) in [7, 11) is 1.65. The Morgan fingerprint density at radius 3 is 2.61 bits per heavy atom. The molecule has 1 amide bonds. The average Bonchev–Trinajstić information content (AvgIpc) is 2.39. The van der Waals surface area contributed by atoms with E-state index in [1.807, 2.05) is 31.2 Å². The summed E-state index contributed by atoms with van der Waals surface area (Å²) in [5.41, 5.74) is 0.729. The minimum atomic E-state index is -0.796. The average molecular weight is 246 g/mol. The highest BCUT2D eigenvalue weighted by atomic mass is 16.3. The Morgan fingerprint density at radius 2 is 2.06 bits per heavy atom. The quantitative estimate of drug-likeness (QED) is 0.862. The lowest BCUT2D eigenvalue weighted by atomic mass is 10.1. The van der Waals surface area contributed by atoms with E-state index in [4.69, 9.17) is 5.26 Å². The lowest BCUT2D eigenvalue weighted by Gasteiger charge is -2.24. The molecule has 0 bridgehead atoms. The number of hydrogen-bond acceptors (Lipinski definition) is 3. The van der Waals surface area contributed by atoms with Crippen LogP contribution in [0.3, 0.4) is 0 Å². The van der Waals surface area contributed by atoms with Crippen molar-refractivity contribution in [2.75, 3.05) is 7.05 Å². The van der Waals surface area contributed by atoms with E-state index in [9.17, 15) is 9.90 Å². The van der Waals surface area contributed by atoms with E-state index in [1.165, 1.54) is 4.90 Å². The Kier molecular flexibility index (Phi) is 5.34. The Balaban J connectivity index is 2.57. The van der Waals surface area contributed by atoms with Crippen molar-refractivity contribution in [3.63, 3.8) is 0 Å². The maximum atomic E-state index is 11.9. The molecule has 0 aliphatic rings. The summed E-state index contributed by atoms with van der Waals surface area (Å²) >= 11 is 0. The highest BCUT2D eigenvalue weighted by Gasteiger charge is 2.19. The Morgan fingerprint density at radius 1 is 1.44 bits per heavy atom. The van der Waals surface area contributed by atoms with Gasteiger partial charge in [-0.05, 0) is 12.5 Å². The van der Waals surface area contributed by atoms with Crippen molar-refractivity contribution in [2.45, 2.75) is 31.9 Å². The first-order valence-corrected chi connectivity index (χ1v) is 5.92. The van der Waals surface area contributed by atoms with Crippen LogP contribution in [0.15, 0.2) is 30.3 Å². The molecule has 1 rings (SSSR count). The van der Waals surface area contributed by atoms with Gasteiger partial charge in [0.2, 0.25) is 5.91 Å². The molecule has 0 aromatic heterocycles. The van der Waals surface area contributed by atoms with E-state index in [2.05, 4.69) is 0 Å². The van der Waals surface area contributed by atoms with Crippen LogP contribution in [0, 0.1) is 11.3 Å². The summed E-state index contributed by atoms with van der Waals surface area (Å²) in [6, 6.07) is 11.0.